The van der Waals surface area contributed by atoms with Gasteiger partial charge in [-0.05, 0) is 37.1 Å². The van der Waals surface area contributed by atoms with Gasteiger partial charge in [0, 0.05) is 17.1 Å². The molecular formula is C15H15ClN2O2. The van der Waals surface area contributed by atoms with Crippen molar-refractivity contribution in [2.75, 3.05) is 0 Å². The Balaban J connectivity index is 1.97. The highest BCUT2D eigenvalue weighted by Gasteiger charge is 2.12. The molecular weight excluding hydrogens is 276 g/mol. The van der Waals surface area contributed by atoms with Gasteiger partial charge in [-0.3, -0.25) is 4.79 Å². The lowest BCUT2D eigenvalue weighted by molar-refractivity contribution is -0.605. The van der Waals surface area contributed by atoms with Crippen molar-refractivity contribution in [3.63, 3.8) is 0 Å². The van der Waals surface area contributed by atoms with E-state index in [2.05, 4.69) is 5.32 Å². The summed E-state index contributed by atoms with van der Waals surface area (Å²) in [5, 5.41) is 14.7. The second-order valence-electron chi connectivity index (χ2n) is 4.66. The molecule has 0 aliphatic carbocycles. The van der Waals surface area contributed by atoms with E-state index in [9.17, 15) is 10.0 Å². The smallest absolute Gasteiger partial charge is 0.257 e. The number of amides is 1. The van der Waals surface area contributed by atoms with E-state index in [0.29, 0.717) is 21.7 Å². The molecule has 0 radical (unpaired) electrons. The number of nitrogens with zero attached hydrogens (tertiary/aromatic N) is 1. The molecule has 2 rings (SSSR count). The average Bonchev–Trinajstić information content (AvgIpc) is 2.38. The van der Waals surface area contributed by atoms with Gasteiger partial charge < -0.3 is 10.5 Å². The van der Waals surface area contributed by atoms with E-state index >= 15 is 0 Å². The Bertz CT molecular complexity index is 616. The minimum absolute atomic E-state index is 0.0544. The fourth-order valence-electron chi connectivity index (χ4n) is 1.96. The third-order valence-electron chi connectivity index (χ3n) is 2.85. The van der Waals surface area contributed by atoms with Gasteiger partial charge >= 0.3 is 0 Å². The normalized spacial score (nSPS) is 11.9. The van der Waals surface area contributed by atoms with E-state index in [1.807, 2.05) is 31.2 Å². The lowest BCUT2D eigenvalue weighted by Crippen LogP contribution is -2.36. The molecule has 1 amide bonds. The van der Waals surface area contributed by atoms with Crippen LogP contribution in [0.1, 0.15) is 22.8 Å². The topological polar surface area (TPSA) is 56.0 Å². The number of carbonyl (C=O) groups excluding carboxylic acids is 1. The maximum Gasteiger partial charge on any atom is 0.257 e. The van der Waals surface area contributed by atoms with Gasteiger partial charge in [0.05, 0.1) is 0 Å². The summed E-state index contributed by atoms with van der Waals surface area (Å²) in [6, 6.07) is 10.6. The zero-order chi connectivity index (χ0) is 14.5. The predicted octanol–water partition coefficient (Wildman–Crippen LogP) is 2.33. The number of pyridine rings is 1. The molecule has 1 aromatic carbocycles. The molecule has 0 saturated heterocycles. The van der Waals surface area contributed by atoms with Crippen molar-refractivity contribution in [3.05, 3.63) is 70.1 Å². The summed E-state index contributed by atoms with van der Waals surface area (Å²) in [7, 11) is 0. The largest absolute Gasteiger partial charge is 0.619 e. The Kier molecular flexibility index (Phi) is 4.58. The number of benzene rings is 1. The summed E-state index contributed by atoms with van der Waals surface area (Å²) >= 11 is 5.92. The van der Waals surface area contributed by atoms with Crippen LogP contribution in [0.4, 0.5) is 0 Å². The molecule has 0 saturated carbocycles. The molecule has 0 aliphatic rings. The second-order valence-corrected chi connectivity index (χ2v) is 5.10. The van der Waals surface area contributed by atoms with Gasteiger partial charge in [0.15, 0.2) is 12.4 Å². The summed E-state index contributed by atoms with van der Waals surface area (Å²) in [6.45, 7) is 1.91. The molecule has 4 nitrogen and oxygen atoms in total. The van der Waals surface area contributed by atoms with Gasteiger partial charge in [-0.1, -0.05) is 23.7 Å². The number of halogens is 1. The summed E-state index contributed by atoms with van der Waals surface area (Å²) in [5.74, 6) is -0.260. The Morgan fingerprint density at radius 1 is 1.40 bits per heavy atom. The summed E-state index contributed by atoms with van der Waals surface area (Å²) in [5.41, 5.74) is 1.40. The van der Waals surface area contributed by atoms with Gasteiger partial charge in [-0.2, -0.15) is 4.73 Å². The monoisotopic (exact) mass is 290 g/mol. The van der Waals surface area contributed by atoms with Crippen LogP contribution in [0, 0.1) is 5.21 Å². The SMILES string of the molecule is CC(Cc1cccc(Cl)c1)NC(=O)c1ccc[n+]([O-])c1. The second kappa shape index (κ2) is 6.39. The highest BCUT2D eigenvalue weighted by molar-refractivity contribution is 6.30. The van der Waals surface area contributed by atoms with Crippen LogP contribution in [0.3, 0.4) is 0 Å². The maximum absolute atomic E-state index is 12.0. The molecule has 1 N–H and O–H groups in total. The van der Waals surface area contributed by atoms with Gasteiger partial charge in [-0.15, -0.1) is 0 Å². The number of rotatable bonds is 4. The first-order valence-corrected chi connectivity index (χ1v) is 6.66. The molecule has 20 heavy (non-hydrogen) atoms. The van der Waals surface area contributed by atoms with Crippen molar-refractivity contribution in [3.8, 4) is 0 Å². The first kappa shape index (κ1) is 14.3. The van der Waals surface area contributed by atoms with Crippen molar-refractivity contribution in [1.29, 1.82) is 0 Å². The van der Waals surface area contributed by atoms with E-state index in [4.69, 9.17) is 11.6 Å². The molecule has 104 valence electrons. The van der Waals surface area contributed by atoms with Crippen molar-refractivity contribution in [2.45, 2.75) is 19.4 Å². The molecule has 0 bridgehead atoms. The third kappa shape index (κ3) is 3.96. The van der Waals surface area contributed by atoms with E-state index in [1.165, 1.54) is 12.4 Å². The number of aromatic nitrogens is 1. The number of hydrogen-bond acceptors (Lipinski definition) is 2. The van der Waals surface area contributed by atoms with Crippen molar-refractivity contribution >= 4 is 17.5 Å². The fraction of sp³-hybridized carbons (Fsp3) is 0.200. The Hall–Kier alpha value is -2.07. The zero-order valence-corrected chi connectivity index (χ0v) is 11.8. The van der Waals surface area contributed by atoms with Crippen molar-refractivity contribution in [2.24, 2.45) is 0 Å². The lowest BCUT2D eigenvalue weighted by atomic mass is 10.1. The zero-order valence-electron chi connectivity index (χ0n) is 11.0. The van der Waals surface area contributed by atoms with Crippen LogP contribution in [0.25, 0.3) is 0 Å². The molecule has 0 fully saturated rings. The minimum atomic E-state index is -0.260. The van der Waals surface area contributed by atoms with Crippen molar-refractivity contribution < 1.29 is 9.52 Å². The predicted molar refractivity (Wildman–Crippen MR) is 77.5 cm³/mol. The standard InChI is InChI=1S/C15H15ClN2O2/c1-11(8-12-4-2-6-14(16)9-12)17-15(19)13-5-3-7-18(20)10-13/h2-7,9-11H,8H2,1H3,(H,17,19). The summed E-state index contributed by atoms with van der Waals surface area (Å²) in [4.78, 5) is 12.0. The molecule has 1 heterocycles. The first-order valence-electron chi connectivity index (χ1n) is 6.29. The first-order chi connectivity index (χ1) is 9.54. The fourth-order valence-corrected chi connectivity index (χ4v) is 2.18. The van der Waals surface area contributed by atoms with Crippen LogP contribution in [0.2, 0.25) is 5.02 Å². The van der Waals surface area contributed by atoms with Gasteiger partial charge in [0.2, 0.25) is 0 Å². The van der Waals surface area contributed by atoms with E-state index in [0.717, 1.165) is 5.56 Å². The molecule has 0 aliphatic heterocycles. The Morgan fingerprint density at radius 3 is 2.90 bits per heavy atom. The molecule has 5 heteroatoms. The number of hydrogen-bond donors (Lipinski definition) is 1. The van der Waals surface area contributed by atoms with Crippen LogP contribution in [0.15, 0.2) is 48.8 Å². The molecule has 2 aromatic rings. The van der Waals surface area contributed by atoms with E-state index < -0.39 is 0 Å². The maximum atomic E-state index is 12.0. The van der Waals surface area contributed by atoms with E-state index in [1.54, 1.807) is 12.1 Å². The summed E-state index contributed by atoms with van der Waals surface area (Å²) in [6.07, 6.45) is 3.27. The average molecular weight is 291 g/mol. The molecule has 1 unspecified atom stereocenters. The lowest BCUT2D eigenvalue weighted by Gasteiger charge is -2.14. The van der Waals surface area contributed by atoms with Gasteiger partial charge in [0.1, 0.15) is 5.56 Å². The molecule has 1 aromatic heterocycles. The van der Waals surface area contributed by atoms with Crippen LogP contribution in [0.5, 0.6) is 0 Å². The van der Waals surface area contributed by atoms with Gasteiger partial charge in [0.25, 0.3) is 5.91 Å². The van der Waals surface area contributed by atoms with Crippen LogP contribution >= 0.6 is 11.6 Å². The Labute approximate surface area is 122 Å². The third-order valence-corrected chi connectivity index (χ3v) is 3.08. The number of carbonyl (C=O) groups is 1. The van der Waals surface area contributed by atoms with Crippen LogP contribution in [-0.4, -0.2) is 11.9 Å². The van der Waals surface area contributed by atoms with Gasteiger partial charge in [-0.25, -0.2) is 0 Å². The number of nitrogens with one attached hydrogen (secondary N) is 1. The Morgan fingerprint density at radius 2 is 2.20 bits per heavy atom. The van der Waals surface area contributed by atoms with E-state index in [-0.39, 0.29) is 11.9 Å². The van der Waals surface area contributed by atoms with Crippen LogP contribution in [-0.2, 0) is 6.42 Å². The highest BCUT2D eigenvalue weighted by atomic mass is 35.5. The minimum Gasteiger partial charge on any atom is -0.619 e. The molecule has 0 spiro atoms. The van der Waals surface area contributed by atoms with Crippen LogP contribution < -0.4 is 10.0 Å². The molecule has 1 atom stereocenters. The summed E-state index contributed by atoms with van der Waals surface area (Å²) < 4.78 is 0.608. The quantitative estimate of drug-likeness (QED) is 0.694. The highest BCUT2D eigenvalue weighted by Crippen LogP contribution is 2.12. The van der Waals surface area contributed by atoms with Crippen molar-refractivity contribution in [1.82, 2.24) is 5.32 Å².